The van der Waals surface area contributed by atoms with Crippen LogP contribution in [0.15, 0.2) is 65.9 Å². The highest BCUT2D eigenvalue weighted by Gasteiger charge is 2.44. The first-order valence-corrected chi connectivity index (χ1v) is 8.45. The molecule has 3 rings (SSSR count). The van der Waals surface area contributed by atoms with Gasteiger partial charge in [-0.15, -0.1) is 0 Å². The van der Waals surface area contributed by atoms with Crippen molar-refractivity contribution in [1.29, 1.82) is 0 Å². The number of Topliss-reactive ketones (excluding diaryl/α,β-unsaturated/α-hetero) is 1. The van der Waals surface area contributed by atoms with Gasteiger partial charge in [-0.1, -0.05) is 44.2 Å². The molecule has 5 nitrogen and oxygen atoms in total. The number of hydrogen-bond acceptors (Lipinski definition) is 4. The van der Waals surface area contributed by atoms with Gasteiger partial charge < -0.3 is 9.84 Å². The number of carbonyl (C=O) groups is 2. The van der Waals surface area contributed by atoms with Crippen LogP contribution in [0.1, 0.15) is 25.5 Å². The molecule has 0 spiro atoms. The number of amides is 1. The minimum absolute atomic E-state index is 0.138. The molecule has 0 saturated carbocycles. The summed E-state index contributed by atoms with van der Waals surface area (Å²) in [5.41, 5.74) is 1.49. The third kappa shape index (κ3) is 2.96. The highest BCUT2D eigenvalue weighted by molar-refractivity contribution is 6.16. The normalized spacial score (nSPS) is 17.2. The van der Waals surface area contributed by atoms with E-state index < -0.39 is 17.7 Å². The maximum absolute atomic E-state index is 12.8. The Morgan fingerprint density at radius 3 is 2.23 bits per heavy atom. The lowest BCUT2D eigenvalue weighted by molar-refractivity contribution is -0.119. The molecular weight excluding hydrogens is 330 g/mol. The van der Waals surface area contributed by atoms with Crippen molar-refractivity contribution in [2.45, 2.75) is 19.9 Å². The number of anilines is 1. The first kappa shape index (κ1) is 17.7. The molecular formula is C21H21NO4. The van der Waals surface area contributed by atoms with Crippen LogP contribution >= 0.6 is 0 Å². The van der Waals surface area contributed by atoms with Gasteiger partial charge in [-0.2, -0.15) is 0 Å². The number of ketones is 1. The summed E-state index contributed by atoms with van der Waals surface area (Å²) in [6, 6.07) is 15.5. The number of carbonyl (C=O) groups excluding carboxylic acids is 2. The Kier molecular flexibility index (Phi) is 4.80. The van der Waals surface area contributed by atoms with Gasteiger partial charge in [0, 0.05) is 11.6 Å². The fraction of sp³-hybridized carbons (Fsp3) is 0.238. The third-order valence-corrected chi connectivity index (χ3v) is 4.46. The third-order valence-electron chi connectivity index (χ3n) is 4.46. The zero-order valence-corrected chi connectivity index (χ0v) is 15.0. The second-order valence-corrected chi connectivity index (χ2v) is 6.47. The molecule has 0 aliphatic carbocycles. The molecule has 1 amide bonds. The van der Waals surface area contributed by atoms with Crippen molar-refractivity contribution >= 4 is 17.4 Å². The minimum atomic E-state index is -0.675. The summed E-state index contributed by atoms with van der Waals surface area (Å²) < 4.78 is 5.19. The van der Waals surface area contributed by atoms with Gasteiger partial charge in [-0.25, -0.2) is 0 Å². The first-order chi connectivity index (χ1) is 12.5. The summed E-state index contributed by atoms with van der Waals surface area (Å²) in [7, 11) is 1.57. The monoisotopic (exact) mass is 351 g/mol. The Hall–Kier alpha value is -3.08. The van der Waals surface area contributed by atoms with Crippen LogP contribution in [-0.4, -0.2) is 23.9 Å². The van der Waals surface area contributed by atoms with E-state index in [1.165, 1.54) is 4.90 Å². The van der Waals surface area contributed by atoms with Crippen molar-refractivity contribution in [2.24, 2.45) is 5.92 Å². The molecule has 1 unspecified atom stereocenters. The van der Waals surface area contributed by atoms with E-state index in [0.29, 0.717) is 11.4 Å². The van der Waals surface area contributed by atoms with E-state index in [-0.39, 0.29) is 17.3 Å². The number of methoxy groups -OCH3 is 1. The van der Waals surface area contributed by atoms with Crippen LogP contribution in [0.5, 0.6) is 5.75 Å². The summed E-state index contributed by atoms with van der Waals surface area (Å²) in [6.45, 7) is 3.51. The van der Waals surface area contributed by atoms with Crippen LogP contribution in [0.25, 0.3) is 0 Å². The molecule has 2 aromatic carbocycles. The highest BCUT2D eigenvalue weighted by atomic mass is 16.5. The van der Waals surface area contributed by atoms with Crippen molar-refractivity contribution in [1.82, 2.24) is 0 Å². The van der Waals surface area contributed by atoms with E-state index >= 15 is 0 Å². The number of rotatable bonds is 5. The zero-order valence-electron chi connectivity index (χ0n) is 15.0. The summed E-state index contributed by atoms with van der Waals surface area (Å²) in [5, 5.41) is 10.5. The van der Waals surface area contributed by atoms with Gasteiger partial charge in [0.05, 0.1) is 18.7 Å². The lowest BCUT2D eigenvalue weighted by atomic mass is 9.91. The first-order valence-electron chi connectivity index (χ1n) is 8.45. The minimum Gasteiger partial charge on any atom is -0.503 e. The summed E-state index contributed by atoms with van der Waals surface area (Å²) in [5.74, 6) is -0.949. The SMILES string of the molecule is COc1ccc(C2C(C(=O)C(C)C)=C(O)C(=O)N2c2ccccc2)cc1. The number of aliphatic hydroxyl groups excluding tert-OH is 1. The second kappa shape index (κ2) is 7.04. The van der Waals surface area contributed by atoms with E-state index in [2.05, 4.69) is 0 Å². The van der Waals surface area contributed by atoms with Crippen LogP contribution in [0.2, 0.25) is 0 Å². The molecule has 5 heteroatoms. The Labute approximate surface area is 152 Å². The average Bonchev–Trinajstić information content (AvgIpc) is 2.93. The van der Waals surface area contributed by atoms with Crippen LogP contribution in [-0.2, 0) is 9.59 Å². The van der Waals surface area contributed by atoms with Gasteiger partial charge in [0.2, 0.25) is 0 Å². The van der Waals surface area contributed by atoms with Crippen molar-refractivity contribution in [3.8, 4) is 5.75 Å². The van der Waals surface area contributed by atoms with Crippen molar-refractivity contribution < 1.29 is 19.4 Å². The standard InChI is InChI=1S/C21H21NO4/c1-13(2)19(23)17-18(14-9-11-16(26-3)12-10-14)22(21(25)20(17)24)15-7-5-4-6-8-15/h4-13,18,24H,1-3H3. The van der Waals surface area contributed by atoms with Gasteiger partial charge in [0.25, 0.3) is 5.91 Å². The van der Waals surface area contributed by atoms with E-state index in [4.69, 9.17) is 4.74 Å². The molecule has 0 aromatic heterocycles. The average molecular weight is 351 g/mol. The lowest BCUT2D eigenvalue weighted by Crippen LogP contribution is -2.31. The molecule has 2 aromatic rings. The number of hydrogen-bond donors (Lipinski definition) is 1. The van der Waals surface area contributed by atoms with Crippen LogP contribution in [0.4, 0.5) is 5.69 Å². The van der Waals surface area contributed by atoms with Crippen molar-refractivity contribution in [3.05, 3.63) is 71.5 Å². The van der Waals surface area contributed by atoms with Crippen LogP contribution in [0.3, 0.4) is 0 Å². The molecule has 1 atom stereocenters. The van der Waals surface area contributed by atoms with E-state index in [1.54, 1.807) is 57.4 Å². The van der Waals surface area contributed by atoms with E-state index in [1.807, 2.05) is 18.2 Å². The van der Waals surface area contributed by atoms with E-state index in [0.717, 1.165) is 5.56 Å². The molecule has 0 bridgehead atoms. The predicted octanol–water partition coefficient (Wildman–Crippen LogP) is 3.82. The number of ether oxygens (including phenoxy) is 1. The Balaban J connectivity index is 2.16. The maximum atomic E-state index is 12.8. The summed E-state index contributed by atoms with van der Waals surface area (Å²) in [4.78, 5) is 27.0. The maximum Gasteiger partial charge on any atom is 0.294 e. The van der Waals surface area contributed by atoms with Crippen LogP contribution < -0.4 is 9.64 Å². The quantitative estimate of drug-likeness (QED) is 0.889. The second-order valence-electron chi connectivity index (χ2n) is 6.47. The lowest BCUT2D eigenvalue weighted by Gasteiger charge is -2.27. The van der Waals surface area contributed by atoms with Crippen LogP contribution in [0, 0.1) is 5.92 Å². The number of aliphatic hydroxyl groups is 1. The van der Waals surface area contributed by atoms with Crippen molar-refractivity contribution in [3.63, 3.8) is 0 Å². The van der Waals surface area contributed by atoms with Crippen molar-refractivity contribution in [2.75, 3.05) is 12.0 Å². The number of benzene rings is 2. The number of nitrogens with zero attached hydrogens (tertiary/aromatic N) is 1. The molecule has 1 N–H and O–H groups in total. The van der Waals surface area contributed by atoms with Gasteiger partial charge in [-0.3, -0.25) is 14.5 Å². The molecule has 0 fully saturated rings. The molecule has 0 radical (unpaired) electrons. The van der Waals surface area contributed by atoms with Gasteiger partial charge in [0.15, 0.2) is 11.5 Å². The predicted molar refractivity (Wildman–Crippen MR) is 99.2 cm³/mol. The summed E-state index contributed by atoms with van der Waals surface area (Å²) >= 11 is 0. The summed E-state index contributed by atoms with van der Waals surface area (Å²) in [6.07, 6.45) is 0. The van der Waals surface area contributed by atoms with E-state index in [9.17, 15) is 14.7 Å². The Bertz CT molecular complexity index is 853. The van der Waals surface area contributed by atoms with Gasteiger partial charge in [0.1, 0.15) is 5.75 Å². The zero-order chi connectivity index (χ0) is 18.8. The molecule has 134 valence electrons. The molecule has 1 aliphatic rings. The van der Waals surface area contributed by atoms with Gasteiger partial charge >= 0.3 is 0 Å². The number of para-hydroxylation sites is 1. The molecule has 0 saturated heterocycles. The molecule has 26 heavy (non-hydrogen) atoms. The fourth-order valence-electron chi connectivity index (χ4n) is 3.12. The smallest absolute Gasteiger partial charge is 0.294 e. The topological polar surface area (TPSA) is 66.8 Å². The molecule has 1 heterocycles. The van der Waals surface area contributed by atoms with Gasteiger partial charge in [-0.05, 0) is 29.8 Å². The highest BCUT2D eigenvalue weighted by Crippen LogP contribution is 2.41. The Morgan fingerprint density at radius 2 is 1.69 bits per heavy atom. The molecule has 1 aliphatic heterocycles. The Morgan fingerprint density at radius 1 is 1.08 bits per heavy atom. The largest absolute Gasteiger partial charge is 0.503 e. The fourth-order valence-corrected chi connectivity index (χ4v) is 3.12.